The predicted octanol–water partition coefficient (Wildman–Crippen LogP) is 3.33. The zero-order valence-electron chi connectivity index (χ0n) is 13.4. The van der Waals surface area contributed by atoms with Crippen molar-refractivity contribution in [1.82, 2.24) is 0 Å². The molecule has 0 N–H and O–H groups in total. The second-order valence-corrected chi connectivity index (χ2v) is 6.11. The molecule has 2 aliphatic rings. The number of nitrogens with zero attached hydrogens (tertiary/aromatic N) is 1. The molecule has 0 fully saturated rings. The molecule has 0 saturated heterocycles. The van der Waals surface area contributed by atoms with Gasteiger partial charge in [-0.1, -0.05) is 42.5 Å². The zero-order valence-corrected chi connectivity index (χ0v) is 13.4. The smallest absolute Gasteiger partial charge is 0.336 e. The van der Waals surface area contributed by atoms with Crippen LogP contribution in [0.1, 0.15) is 23.5 Å². The van der Waals surface area contributed by atoms with E-state index in [9.17, 15) is 9.59 Å². The lowest BCUT2D eigenvalue weighted by atomic mass is 9.82. The molecule has 4 heteroatoms. The summed E-state index contributed by atoms with van der Waals surface area (Å²) in [6.45, 7) is 2.15. The highest BCUT2D eigenvalue weighted by Gasteiger charge is 2.43. The van der Waals surface area contributed by atoms with Crippen molar-refractivity contribution in [1.29, 1.82) is 0 Å². The van der Waals surface area contributed by atoms with Gasteiger partial charge in [-0.2, -0.15) is 0 Å². The average molecular weight is 319 g/mol. The molecule has 0 saturated carbocycles. The molecule has 1 amide bonds. The summed E-state index contributed by atoms with van der Waals surface area (Å²) in [6.07, 6.45) is 0.272. The molecule has 2 heterocycles. The number of aryl methyl sites for hydroxylation is 1. The predicted molar refractivity (Wildman–Crippen MR) is 90.5 cm³/mol. The minimum Gasteiger partial charge on any atom is -0.456 e. The van der Waals surface area contributed by atoms with Crippen LogP contribution >= 0.6 is 0 Å². The maximum Gasteiger partial charge on any atom is 0.336 e. The van der Waals surface area contributed by atoms with Crippen LogP contribution in [0, 0.1) is 6.92 Å². The highest BCUT2D eigenvalue weighted by Crippen LogP contribution is 2.42. The molecule has 2 aliphatic heterocycles. The number of rotatable bonds is 2. The quantitative estimate of drug-likeness (QED) is 0.798. The van der Waals surface area contributed by atoms with E-state index >= 15 is 0 Å². The van der Waals surface area contributed by atoms with Crippen molar-refractivity contribution >= 4 is 17.6 Å². The number of ether oxygens (including phenoxy) is 1. The van der Waals surface area contributed by atoms with Crippen LogP contribution in [-0.4, -0.2) is 18.5 Å². The van der Waals surface area contributed by atoms with Gasteiger partial charge in [-0.05, 0) is 30.2 Å². The average Bonchev–Trinajstić information content (AvgIpc) is 2.97. The number of amides is 1. The second-order valence-electron chi connectivity index (χ2n) is 6.11. The van der Waals surface area contributed by atoms with Crippen molar-refractivity contribution in [2.24, 2.45) is 0 Å². The Kier molecular flexibility index (Phi) is 3.45. The van der Waals surface area contributed by atoms with E-state index in [-0.39, 0.29) is 30.8 Å². The van der Waals surface area contributed by atoms with E-state index < -0.39 is 0 Å². The molecule has 0 unspecified atom stereocenters. The summed E-state index contributed by atoms with van der Waals surface area (Å²) in [4.78, 5) is 26.9. The van der Waals surface area contributed by atoms with Crippen LogP contribution < -0.4 is 4.90 Å². The molecule has 4 rings (SSSR count). The van der Waals surface area contributed by atoms with E-state index in [1.807, 2.05) is 61.5 Å². The van der Waals surface area contributed by atoms with Gasteiger partial charge in [0.05, 0.1) is 11.3 Å². The fourth-order valence-corrected chi connectivity index (χ4v) is 3.57. The van der Waals surface area contributed by atoms with Crippen LogP contribution in [0.3, 0.4) is 0 Å². The van der Waals surface area contributed by atoms with Gasteiger partial charge in [0.25, 0.3) is 0 Å². The summed E-state index contributed by atoms with van der Waals surface area (Å²) < 4.78 is 5.28. The highest BCUT2D eigenvalue weighted by atomic mass is 16.5. The summed E-state index contributed by atoms with van der Waals surface area (Å²) in [5.74, 6) is -0.554. The minimum absolute atomic E-state index is 0.00787. The third-order valence-corrected chi connectivity index (χ3v) is 4.70. The third kappa shape index (κ3) is 2.22. The number of hydrogen-bond acceptors (Lipinski definition) is 3. The van der Waals surface area contributed by atoms with Gasteiger partial charge in [0, 0.05) is 18.0 Å². The minimum atomic E-state index is -0.313. The van der Waals surface area contributed by atoms with E-state index in [0.717, 1.165) is 16.8 Å². The first kappa shape index (κ1) is 14.7. The second kappa shape index (κ2) is 5.64. The number of para-hydroxylation sites is 1. The number of benzene rings is 2. The molecule has 0 aliphatic carbocycles. The van der Waals surface area contributed by atoms with Crippen LogP contribution in [0.2, 0.25) is 0 Å². The Balaban J connectivity index is 1.86. The lowest BCUT2D eigenvalue weighted by molar-refractivity contribution is -0.136. The van der Waals surface area contributed by atoms with E-state index in [4.69, 9.17) is 4.74 Å². The van der Waals surface area contributed by atoms with E-state index in [2.05, 4.69) is 0 Å². The van der Waals surface area contributed by atoms with Crippen molar-refractivity contribution < 1.29 is 14.3 Å². The monoisotopic (exact) mass is 319 g/mol. The number of hydrogen-bond donors (Lipinski definition) is 0. The van der Waals surface area contributed by atoms with Gasteiger partial charge in [0.15, 0.2) is 0 Å². The lowest BCUT2D eigenvalue weighted by Gasteiger charge is -2.32. The van der Waals surface area contributed by atoms with E-state index in [1.165, 1.54) is 0 Å². The Bertz CT molecular complexity index is 854. The maximum absolute atomic E-state index is 12.9. The van der Waals surface area contributed by atoms with Crippen LogP contribution in [0.25, 0.3) is 0 Å². The zero-order chi connectivity index (χ0) is 16.7. The van der Waals surface area contributed by atoms with Gasteiger partial charge in [0.1, 0.15) is 6.61 Å². The van der Waals surface area contributed by atoms with Gasteiger partial charge in [0.2, 0.25) is 5.91 Å². The lowest BCUT2D eigenvalue weighted by Crippen LogP contribution is -2.37. The summed E-state index contributed by atoms with van der Waals surface area (Å²) in [5.41, 5.74) is 4.17. The highest BCUT2D eigenvalue weighted by molar-refractivity contribution is 6.06. The van der Waals surface area contributed by atoms with Gasteiger partial charge in [-0.3, -0.25) is 9.69 Å². The van der Waals surface area contributed by atoms with Crippen molar-refractivity contribution in [3.63, 3.8) is 0 Å². The molecule has 2 aromatic carbocycles. The molecule has 1 atom stereocenters. The first-order valence-corrected chi connectivity index (χ1v) is 8.00. The Hall–Kier alpha value is -2.88. The molecule has 0 spiro atoms. The molecule has 4 nitrogen and oxygen atoms in total. The van der Waals surface area contributed by atoms with Gasteiger partial charge in [-0.25, -0.2) is 4.79 Å². The SMILES string of the molecule is Cc1ccccc1[C@H]1CC(=O)N(c2ccccc2)C2=C1C(=O)OC2. The van der Waals surface area contributed by atoms with Gasteiger partial charge >= 0.3 is 5.97 Å². The molecule has 0 aromatic heterocycles. The summed E-state index contributed by atoms with van der Waals surface area (Å²) in [5, 5.41) is 0. The number of carbonyl (C=O) groups excluding carboxylic acids is 2. The largest absolute Gasteiger partial charge is 0.456 e. The Morgan fingerprint density at radius 1 is 1.00 bits per heavy atom. The number of cyclic esters (lactones) is 1. The van der Waals surface area contributed by atoms with Crippen molar-refractivity contribution in [2.75, 3.05) is 11.5 Å². The summed E-state index contributed by atoms with van der Waals surface area (Å²) in [7, 11) is 0. The number of esters is 1. The van der Waals surface area contributed by atoms with Crippen molar-refractivity contribution in [2.45, 2.75) is 19.3 Å². The molecule has 24 heavy (non-hydrogen) atoms. The molecule has 0 bridgehead atoms. The topological polar surface area (TPSA) is 46.6 Å². The molecular formula is C20H17NO3. The summed E-state index contributed by atoms with van der Waals surface area (Å²) in [6, 6.07) is 17.3. The third-order valence-electron chi connectivity index (χ3n) is 4.70. The molecule has 120 valence electrons. The first-order valence-electron chi connectivity index (χ1n) is 8.00. The van der Waals surface area contributed by atoms with E-state index in [0.29, 0.717) is 11.3 Å². The first-order chi connectivity index (χ1) is 11.7. The fourth-order valence-electron chi connectivity index (χ4n) is 3.57. The molecular weight excluding hydrogens is 302 g/mol. The van der Waals surface area contributed by atoms with Gasteiger partial charge < -0.3 is 4.74 Å². The van der Waals surface area contributed by atoms with Crippen molar-refractivity contribution in [3.8, 4) is 0 Å². The van der Waals surface area contributed by atoms with Crippen LogP contribution in [0.15, 0.2) is 65.9 Å². The Labute approximate surface area is 140 Å². The Morgan fingerprint density at radius 2 is 1.71 bits per heavy atom. The normalized spacial score (nSPS) is 20.2. The molecule has 2 aromatic rings. The Morgan fingerprint density at radius 3 is 2.46 bits per heavy atom. The maximum atomic E-state index is 12.9. The van der Waals surface area contributed by atoms with E-state index in [1.54, 1.807) is 4.90 Å². The van der Waals surface area contributed by atoms with Crippen LogP contribution in [0.5, 0.6) is 0 Å². The standard InChI is InChI=1S/C20H17NO3/c1-13-7-5-6-10-15(13)16-11-18(22)21(14-8-3-2-4-9-14)17-12-24-20(23)19(16)17/h2-10,16H,11-12H2,1H3/t16-/m1/s1. The van der Waals surface area contributed by atoms with Crippen LogP contribution in [0.4, 0.5) is 5.69 Å². The summed E-state index contributed by atoms with van der Waals surface area (Å²) >= 11 is 0. The number of carbonyl (C=O) groups is 2. The molecule has 0 radical (unpaired) electrons. The number of anilines is 1. The fraction of sp³-hybridized carbons (Fsp3) is 0.200. The van der Waals surface area contributed by atoms with Gasteiger partial charge in [-0.15, -0.1) is 0 Å². The van der Waals surface area contributed by atoms with Crippen LogP contribution in [-0.2, 0) is 14.3 Å². The van der Waals surface area contributed by atoms with Crippen molar-refractivity contribution in [3.05, 3.63) is 77.0 Å².